The van der Waals surface area contributed by atoms with Gasteiger partial charge in [0, 0.05) is 29.3 Å². The number of carbonyl (C=O) groups is 2. The van der Waals surface area contributed by atoms with Crippen LogP contribution in [-0.2, 0) is 4.79 Å². The molecule has 1 atom stereocenters. The number of rotatable bonds is 3. The van der Waals surface area contributed by atoms with Crippen molar-refractivity contribution < 1.29 is 14.7 Å². The Kier molecular flexibility index (Phi) is 5.12. The molecule has 1 unspecified atom stereocenters. The molecule has 0 aromatic heterocycles. The van der Waals surface area contributed by atoms with E-state index in [-0.39, 0.29) is 18.5 Å². The molecule has 0 bridgehead atoms. The predicted molar refractivity (Wildman–Crippen MR) is 83.5 cm³/mol. The van der Waals surface area contributed by atoms with E-state index in [4.69, 9.17) is 11.5 Å². The standard InChI is InChI=1S/C15H16N2O3S/c1-2-11-4-3-5-12(8-11)16-15(20)17-6-7-21-10-13(17)9-14(18)19/h1,3-5,8,13H,6-7,9-10H2,(H,16,20)(H,18,19). The van der Waals surface area contributed by atoms with Gasteiger partial charge in [0.2, 0.25) is 0 Å². The van der Waals surface area contributed by atoms with Gasteiger partial charge in [0.05, 0.1) is 12.5 Å². The van der Waals surface area contributed by atoms with Crippen molar-refractivity contribution in [3.8, 4) is 12.3 Å². The van der Waals surface area contributed by atoms with Gasteiger partial charge in [-0.3, -0.25) is 4.79 Å². The number of carbonyl (C=O) groups excluding carboxylic acids is 1. The molecule has 2 rings (SSSR count). The van der Waals surface area contributed by atoms with E-state index in [1.165, 1.54) is 0 Å². The number of carboxylic acid groups (broad SMARTS) is 1. The third kappa shape index (κ3) is 4.17. The van der Waals surface area contributed by atoms with Crippen LogP contribution >= 0.6 is 11.8 Å². The van der Waals surface area contributed by atoms with E-state index in [0.717, 1.165) is 5.75 Å². The maximum absolute atomic E-state index is 12.3. The number of hydrogen-bond acceptors (Lipinski definition) is 3. The molecule has 1 aromatic rings. The molecule has 0 spiro atoms. The van der Waals surface area contributed by atoms with E-state index >= 15 is 0 Å². The minimum Gasteiger partial charge on any atom is -0.481 e. The Morgan fingerprint density at radius 2 is 2.33 bits per heavy atom. The predicted octanol–water partition coefficient (Wildman–Crippen LogP) is 2.09. The number of urea groups is 1. The molecule has 2 N–H and O–H groups in total. The lowest BCUT2D eigenvalue weighted by Crippen LogP contribution is -2.48. The number of thioether (sulfide) groups is 1. The minimum absolute atomic E-state index is 0.0369. The number of nitrogens with zero attached hydrogens (tertiary/aromatic N) is 1. The van der Waals surface area contributed by atoms with Gasteiger partial charge in [-0.2, -0.15) is 11.8 Å². The van der Waals surface area contributed by atoms with Crippen molar-refractivity contribution in [2.24, 2.45) is 0 Å². The van der Waals surface area contributed by atoms with Crippen LogP contribution in [0.5, 0.6) is 0 Å². The summed E-state index contributed by atoms with van der Waals surface area (Å²) in [5.41, 5.74) is 1.30. The van der Waals surface area contributed by atoms with Crippen LogP contribution in [0.3, 0.4) is 0 Å². The second kappa shape index (κ2) is 7.04. The molecule has 21 heavy (non-hydrogen) atoms. The summed E-state index contributed by atoms with van der Waals surface area (Å²) >= 11 is 1.67. The minimum atomic E-state index is -0.894. The topological polar surface area (TPSA) is 69.6 Å². The molecule has 2 amide bonds. The van der Waals surface area contributed by atoms with Crippen molar-refractivity contribution in [1.29, 1.82) is 0 Å². The number of aliphatic carboxylic acids is 1. The lowest BCUT2D eigenvalue weighted by Gasteiger charge is -2.34. The van der Waals surface area contributed by atoms with Crippen LogP contribution in [0, 0.1) is 12.3 Å². The summed E-state index contributed by atoms with van der Waals surface area (Å²) in [5.74, 6) is 3.07. The molecule has 5 nitrogen and oxygen atoms in total. The molecule has 1 aliphatic rings. The fraction of sp³-hybridized carbons (Fsp3) is 0.333. The third-order valence-corrected chi connectivity index (χ3v) is 4.27. The highest BCUT2D eigenvalue weighted by Crippen LogP contribution is 2.20. The summed E-state index contributed by atoms with van der Waals surface area (Å²) in [7, 11) is 0. The van der Waals surface area contributed by atoms with Gasteiger partial charge >= 0.3 is 12.0 Å². The number of amides is 2. The van der Waals surface area contributed by atoms with Gasteiger partial charge in [-0.1, -0.05) is 12.0 Å². The molecule has 1 aliphatic heterocycles. The average molecular weight is 304 g/mol. The summed E-state index contributed by atoms with van der Waals surface area (Å²) in [6, 6.07) is 6.45. The number of nitrogens with one attached hydrogen (secondary N) is 1. The average Bonchev–Trinajstić information content (AvgIpc) is 2.47. The summed E-state index contributed by atoms with van der Waals surface area (Å²) in [4.78, 5) is 24.8. The van der Waals surface area contributed by atoms with E-state index in [1.54, 1.807) is 40.9 Å². The van der Waals surface area contributed by atoms with Crippen molar-refractivity contribution in [2.45, 2.75) is 12.5 Å². The van der Waals surface area contributed by atoms with Crippen LogP contribution in [0.1, 0.15) is 12.0 Å². The van der Waals surface area contributed by atoms with Crippen LogP contribution in [0.2, 0.25) is 0 Å². The zero-order valence-electron chi connectivity index (χ0n) is 11.4. The van der Waals surface area contributed by atoms with Crippen molar-refractivity contribution in [3.05, 3.63) is 29.8 Å². The van der Waals surface area contributed by atoms with E-state index in [2.05, 4.69) is 11.2 Å². The largest absolute Gasteiger partial charge is 0.481 e. The highest BCUT2D eigenvalue weighted by molar-refractivity contribution is 7.99. The summed E-state index contributed by atoms with van der Waals surface area (Å²) < 4.78 is 0. The van der Waals surface area contributed by atoms with Crippen LogP contribution < -0.4 is 5.32 Å². The molecule has 1 saturated heterocycles. The zero-order chi connectivity index (χ0) is 15.2. The lowest BCUT2D eigenvalue weighted by molar-refractivity contribution is -0.137. The van der Waals surface area contributed by atoms with E-state index in [1.807, 2.05) is 0 Å². The first kappa shape index (κ1) is 15.3. The van der Waals surface area contributed by atoms with Crippen LogP contribution in [-0.4, -0.2) is 46.1 Å². The van der Waals surface area contributed by atoms with Crippen LogP contribution in [0.25, 0.3) is 0 Å². The van der Waals surface area contributed by atoms with Gasteiger partial charge in [-0.25, -0.2) is 4.79 Å². The summed E-state index contributed by atoms with van der Waals surface area (Å²) in [5, 5.41) is 11.7. The van der Waals surface area contributed by atoms with Gasteiger partial charge in [-0.05, 0) is 18.2 Å². The van der Waals surface area contributed by atoms with Gasteiger partial charge in [0.25, 0.3) is 0 Å². The monoisotopic (exact) mass is 304 g/mol. The van der Waals surface area contributed by atoms with E-state index in [9.17, 15) is 9.59 Å². The Hall–Kier alpha value is -2.13. The molecule has 110 valence electrons. The number of carboxylic acids is 1. The molecule has 0 saturated carbocycles. The Morgan fingerprint density at radius 1 is 1.52 bits per heavy atom. The highest BCUT2D eigenvalue weighted by atomic mass is 32.2. The van der Waals surface area contributed by atoms with Crippen LogP contribution in [0.4, 0.5) is 10.5 Å². The molecule has 6 heteroatoms. The molecule has 0 radical (unpaired) electrons. The normalized spacial score (nSPS) is 17.9. The maximum Gasteiger partial charge on any atom is 0.322 e. The van der Waals surface area contributed by atoms with E-state index < -0.39 is 5.97 Å². The number of hydrogen-bond donors (Lipinski definition) is 2. The molecule has 1 aromatic carbocycles. The van der Waals surface area contributed by atoms with Crippen molar-refractivity contribution in [3.63, 3.8) is 0 Å². The smallest absolute Gasteiger partial charge is 0.322 e. The maximum atomic E-state index is 12.3. The molecular formula is C15H16N2O3S. The second-order valence-electron chi connectivity index (χ2n) is 4.68. The molecule has 1 fully saturated rings. The van der Waals surface area contributed by atoms with Crippen molar-refractivity contribution in [1.82, 2.24) is 4.90 Å². The number of terminal acetylenes is 1. The number of benzene rings is 1. The molecular weight excluding hydrogens is 288 g/mol. The van der Waals surface area contributed by atoms with Gasteiger partial charge in [0.15, 0.2) is 0 Å². The highest BCUT2D eigenvalue weighted by Gasteiger charge is 2.28. The van der Waals surface area contributed by atoms with Crippen molar-refractivity contribution in [2.75, 3.05) is 23.4 Å². The first-order valence-electron chi connectivity index (χ1n) is 6.54. The first-order valence-corrected chi connectivity index (χ1v) is 7.69. The summed E-state index contributed by atoms with van der Waals surface area (Å²) in [6.07, 6.45) is 5.29. The van der Waals surface area contributed by atoms with E-state index in [0.29, 0.717) is 23.5 Å². The van der Waals surface area contributed by atoms with Gasteiger partial charge in [0.1, 0.15) is 0 Å². The fourth-order valence-electron chi connectivity index (χ4n) is 2.17. The summed E-state index contributed by atoms with van der Waals surface area (Å²) in [6.45, 7) is 0.545. The van der Waals surface area contributed by atoms with Gasteiger partial charge in [-0.15, -0.1) is 6.42 Å². The molecule has 1 heterocycles. The van der Waals surface area contributed by atoms with Gasteiger partial charge < -0.3 is 15.3 Å². The Morgan fingerprint density at radius 3 is 3.05 bits per heavy atom. The first-order chi connectivity index (χ1) is 10.1. The lowest BCUT2D eigenvalue weighted by atomic mass is 10.2. The second-order valence-corrected chi connectivity index (χ2v) is 5.83. The van der Waals surface area contributed by atoms with Crippen molar-refractivity contribution >= 4 is 29.4 Å². The SMILES string of the molecule is C#Cc1cccc(NC(=O)N2CCSCC2CC(=O)O)c1. The third-order valence-electron chi connectivity index (χ3n) is 3.18. The Balaban J connectivity index is 2.06. The fourth-order valence-corrected chi connectivity index (χ4v) is 3.24. The Labute approximate surface area is 127 Å². The number of anilines is 1. The Bertz CT molecular complexity index is 583. The zero-order valence-corrected chi connectivity index (χ0v) is 12.2. The molecule has 0 aliphatic carbocycles. The quantitative estimate of drug-likeness (QED) is 0.839. The van der Waals surface area contributed by atoms with Crippen LogP contribution in [0.15, 0.2) is 24.3 Å².